The molecule has 0 spiro atoms. The normalized spacial score (nSPS) is 10.4. The van der Waals surface area contributed by atoms with E-state index in [9.17, 15) is 0 Å². The standard InChI is InChI=1S/C9H11N5/c10-5-8-6-14(13-12-8)9-3-1-7(11)2-4-9/h1-4,6H,5,10-11H2. The zero-order valence-corrected chi connectivity index (χ0v) is 7.59. The van der Waals surface area contributed by atoms with Crippen molar-refractivity contribution in [2.75, 3.05) is 5.73 Å². The highest BCUT2D eigenvalue weighted by Crippen LogP contribution is 2.09. The van der Waals surface area contributed by atoms with Crippen LogP contribution in [0.1, 0.15) is 5.69 Å². The van der Waals surface area contributed by atoms with E-state index in [1.807, 2.05) is 24.3 Å². The van der Waals surface area contributed by atoms with Crippen LogP contribution < -0.4 is 11.5 Å². The van der Waals surface area contributed by atoms with Crippen molar-refractivity contribution < 1.29 is 0 Å². The molecule has 1 heterocycles. The molecule has 5 nitrogen and oxygen atoms in total. The minimum absolute atomic E-state index is 0.398. The van der Waals surface area contributed by atoms with Gasteiger partial charge in [-0.2, -0.15) is 0 Å². The summed E-state index contributed by atoms with van der Waals surface area (Å²) >= 11 is 0. The maximum atomic E-state index is 5.57. The number of benzene rings is 1. The monoisotopic (exact) mass is 189 g/mol. The molecule has 5 heteroatoms. The van der Waals surface area contributed by atoms with Crippen LogP contribution in [0.5, 0.6) is 0 Å². The molecule has 0 aliphatic rings. The number of nitrogens with zero attached hydrogens (tertiary/aromatic N) is 3. The first-order valence-electron chi connectivity index (χ1n) is 4.27. The summed E-state index contributed by atoms with van der Waals surface area (Å²) in [5.41, 5.74) is 13.4. The molecule has 0 saturated heterocycles. The maximum absolute atomic E-state index is 5.57. The van der Waals surface area contributed by atoms with Crippen LogP contribution >= 0.6 is 0 Å². The molecule has 14 heavy (non-hydrogen) atoms. The predicted octanol–water partition coefficient (Wildman–Crippen LogP) is 0.308. The van der Waals surface area contributed by atoms with Gasteiger partial charge in [-0.05, 0) is 24.3 Å². The summed E-state index contributed by atoms with van der Waals surface area (Å²) in [5.74, 6) is 0. The van der Waals surface area contributed by atoms with Crippen molar-refractivity contribution in [3.63, 3.8) is 0 Å². The van der Waals surface area contributed by atoms with E-state index in [2.05, 4.69) is 10.3 Å². The van der Waals surface area contributed by atoms with E-state index < -0.39 is 0 Å². The van der Waals surface area contributed by atoms with Gasteiger partial charge in [0.15, 0.2) is 0 Å². The smallest absolute Gasteiger partial charge is 0.0967 e. The van der Waals surface area contributed by atoms with Crippen molar-refractivity contribution in [1.29, 1.82) is 0 Å². The van der Waals surface area contributed by atoms with E-state index in [4.69, 9.17) is 11.5 Å². The van der Waals surface area contributed by atoms with E-state index in [-0.39, 0.29) is 0 Å². The third kappa shape index (κ3) is 1.57. The predicted molar refractivity (Wildman–Crippen MR) is 53.7 cm³/mol. The Kier molecular flexibility index (Phi) is 2.16. The summed E-state index contributed by atoms with van der Waals surface area (Å²) in [5, 5.41) is 7.82. The molecular formula is C9H11N5. The highest BCUT2D eigenvalue weighted by molar-refractivity contribution is 5.44. The first-order valence-corrected chi connectivity index (χ1v) is 4.27. The number of hydrogen-bond acceptors (Lipinski definition) is 4. The Morgan fingerprint density at radius 2 is 1.93 bits per heavy atom. The molecule has 0 bridgehead atoms. The summed E-state index contributed by atoms with van der Waals surface area (Å²) < 4.78 is 1.67. The van der Waals surface area contributed by atoms with Crippen LogP contribution in [0.2, 0.25) is 0 Å². The first-order chi connectivity index (χ1) is 6.79. The number of hydrogen-bond donors (Lipinski definition) is 2. The van der Waals surface area contributed by atoms with Crippen LogP contribution in [0, 0.1) is 0 Å². The molecule has 0 fully saturated rings. The largest absolute Gasteiger partial charge is 0.399 e. The molecule has 1 aromatic carbocycles. The molecule has 0 atom stereocenters. The van der Waals surface area contributed by atoms with Crippen LogP contribution in [0.3, 0.4) is 0 Å². The quantitative estimate of drug-likeness (QED) is 0.666. The molecule has 0 aliphatic carbocycles. The molecule has 1 aromatic heterocycles. The molecule has 2 aromatic rings. The number of rotatable bonds is 2. The lowest BCUT2D eigenvalue weighted by atomic mass is 10.3. The van der Waals surface area contributed by atoms with Crippen LogP contribution in [0.25, 0.3) is 5.69 Å². The lowest BCUT2D eigenvalue weighted by molar-refractivity contribution is 0.797. The van der Waals surface area contributed by atoms with E-state index in [1.54, 1.807) is 10.9 Å². The number of nitrogen functional groups attached to an aromatic ring is 1. The van der Waals surface area contributed by atoms with Gasteiger partial charge in [0.25, 0.3) is 0 Å². The Balaban J connectivity index is 2.34. The van der Waals surface area contributed by atoms with Gasteiger partial charge in [-0.25, -0.2) is 4.68 Å². The van der Waals surface area contributed by atoms with Gasteiger partial charge in [-0.15, -0.1) is 5.10 Å². The summed E-state index contributed by atoms with van der Waals surface area (Å²) in [6, 6.07) is 7.40. The second-order valence-corrected chi connectivity index (χ2v) is 2.95. The van der Waals surface area contributed by atoms with E-state index in [0.717, 1.165) is 17.1 Å². The lowest BCUT2D eigenvalue weighted by Crippen LogP contribution is -1.96. The van der Waals surface area contributed by atoms with Crippen LogP contribution in [0.4, 0.5) is 5.69 Å². The SMILES string of the molecule is NCc1cn(-c2ccc(N)cc2)nn1. The van der Waals surface area contributed by atoms with Crippen molar-refractivity contribution >= 4 is 5.69 Å². The molecule has 0 radical (unpaired) electrons. The van der Waals surface area contributed by atoms with Crippen molar-refractivity contribution in [1.82, 2.24) is 15.0 Å². The molecule has 2 rings (SSSR count). The van der Waals surface area contributed by atoms with E-state index in [1.165, 1.54) is 0 Å². The fraction of sp³-hybridized carbons (Fsp3) is 0.111. The summed E-state index contributed by atoms with van der Waals surface area (Å²) in [6.45, 7) is 0.398. The fourth-order valence-electron chi connectivity index (χ4n) is 1.15. The Morgan fingerprint density at radius 3 is 2.50 bits per heavy atom. The van der Waals surface area contributed by atoms with Crippen molar-refractivity contribution in [3.05, 3.63) is 36.2 Å². The number of aromatic nitrogens is 3. The zero-order valence-electron chi connectivity index (χ0n) is 7.59. The minimum atomic E-state index is 0.398. The summed E-state index contributed by atoms with van der Waals surface area (Å²) in [6.07, 6.45) is 1.80. The van der Waals surface area contributed by atoms with Gasteiger partial charge in [-0.3, -0.25) is 0 Å². The second-order valence-electron chi connectivity index (χ2n) is 2.95. The van der Waals surface area contributed by atoms with Crippen LogP contribution in [-0.2, 0) is 6.54 Å². The van der Waals surface area contributed by atoms with Crippen molar-refractivity contribution in [2.24, 2.45) is 5.73 Å². The maximum Gasteiger partial charge on any atom is 0.0967 e. The molecular weight excluding hydrogens is 178 g/mol. The highest BCUT2D eigenvalue weighted by atomic mass is 15.4. The third-order valence-electron chi connectivity index (χ3n) is 1.91. The molecule has 0 amide bonds. The zero-order chi connectivity index (χ0) is 9.97. The van der Waals surface area contributed by atoms with Gasteiger partial charge in [0.1, 0.15) is 0 Å². The number of anilines is 1. The molecule has 0 saturated carbocycles. The van der Waals surface area contributed by atoms with Gasteiger partial charge in [0, 0.05) is 12.2 Å². The Morgan fingerprint density at radius 1 is 1.21 bits per heavy atom. The molecule has 4 N–H and O–H groups in total. The van der Waals surface area contributed by atoms with Crippen molar-refractivity contribution in [2.45, 2.75) is 6.54 Å². The lowest BCUT2D eigenvalue weighted by Gasteiger charge is -1.99. The second kappa shape index (κ2) is 3.47. The van der Waals surface area contributed by atoms with Gasteiger partial charge in [0.05, 0.1) is 17.6 Å². The Hall–Kier alpha value is -1.88. The first kappa shape index (κ1) is 8.71. The topological polar surface area (TPSA) is 82.8 Å². The van der Waals surface area contributed by atoms with Gasteiger partial charge >= 0.3 is 0 Å². The van der Waals surface area contributed by atoms with E-state index in [0.29, 0.717) is 6.54 Å². The molecule has 72 valence electrons. The van der Waals surface area contributed by atoms with Gasteiger partial charge in [-0.1, -0.05) is 5.21 Å². The average molecular weight is 189 g/mol. The van der Waals surface area contributed by atoms with Gasteiger partial charge < -0.3 is 11.5 Å². The Bertz CT molecular complexity index is 417. The Labute approximate surface area is 81.3 Å². The van der Waals surface area contributed by atoms with Crippen LogP contribution in [0.15, 0.2) is 30.5 Å². The number of nitrogens with two attached hydrogens (primary N) is 2. The fourth-order valence-corrected chi connectivity index (χ4v) is 1.15. The van der Waals surface area contributed by atoms with Crippen LogP contribution in [-0.4, -0.2) is 15.0 Å². The molecule has 0 unspecified atom stereocenters. The molecule has 0 aliphatic heterocycles. The summed E-state index contributed by atoms with van der Waals surface area (Å²) in [7, 11) is 0. The van der Waals surface area contributed by atoms with Crippen molar-refractivity contribution in [3.8, 4) is 5.69 Å². The average Bonchev–Trinajstić information content (AvgIpc) is 2.67. The summed E-state index contributed by atoms with van der Waals surface area (Å²) in [4.78, 5) is 0. The van der Waals surface area contributed by atoms with E-state index >= 15 is 0 Å². The highest BCUT2D eigenvalue weighted by Gasteiger charge is 2.00. The third-order valence-corrected chi connectivity index (χ3v) is 1.91. The van der Waals surface area contributed by atoms with Gasteiger partial charge in [0.2, 0.25) is 0 Å². The minimum Gasteiger partial charge on any atom is -0.399 e.